The molecule has 0 aliphatic rings. The monoisotopic (exact) mass is 1020 g/mol. The molecule has 312 valence electrons. The Kier molecular flexibility index (Phi) is 9.62. The summed E-state index contributed by atoms with van der Waals surface area (Å²) in [4.78, 5) is 20.2. The maximum Gasteiger partial charge on any atom is 2.00 e. The van der Waals surface area contributed by atoms with Crippen molar-refractivity contribution in [2.45, 2.75) is 0 Å². The predicted molar refractivity (Wildman–Crippen MR) is 265 cm³/mol. The van der Waals surface area contributed by atoms with Crippen LogP contribution in [-0.4, -0.2) is 24.1 Å². The fourth-order valence-electron chi connectivity index (χ4n) is 9.58. The van der Waals surface area contributed by atoms with Gasteiger partial charge >= 0.3 is 21.1 Å². The molecule has 5 aromatic heterocycles. The molecule has 0 fully saturated rings. The smallest absolute Gasteiger partial charge is 0.656 e. The Morgan fingerprint density at radius 3 is 1.89 bits per heavy atom. The van der Waals surface area contributed by atoms with E-state index in [1.54, 1.807) is 0 Å². The van der Waals surface area contributed by atoms with Gasteiger partial charge in [-0.2, -0.15) is 0 Å². The average Bonchev–Trinajstić information content (AvgIpc) is 4.06. The van der Waals surface area contributed by atoms with Crippen LogP contribution in [0, 0.1) is 6.07 Å². The minimum Gasteiger partial charge on any atom is -0.656 e. The van der Waals surface area contributed by atoms with Crippen molar-refractivity contribution in [1.29, 1.82) is 0 Å². The summed E-state index contributed by atoms with van der Waals surface area (Å²) < 4.78 is 4.55. The normalized spacial score (nSPS) is 11.5. The summed E-state index contributed by atoms with van der Waals surface area (Å²) in [6, 6.07) is 74.5. The van der Waals surface area contributed by atoms with Crippen molar-refractivity contribution in [3.05, 3.63) is 225 Å². The maximum atomic E-state index is 5.69. The zero-order chi connectivity index (χ0) is 42.8. The van der Waals surface area contributed by atoms with E-state index < -0.39 is 0 Å². The van der Waals surface area contributed by atoms with Gasteiger partial charge in [-0.05, 0) is 104 Å². The largest absolute Gasteiger partial charge is 2.00 e. The van der Waals surface area contributed by atoms with Gasteiger partial charge in [-0.15, -0.1) is 34.8 Å². The first-order valence-electron chi connectivity index (χ1n) is 21.8. The van der Waals surface area contributed by atoms with Crippen LogP contribution >= 0.6 is 0 Å². The molecule has 13 aromatic rings. The van der Waals surface area contributed by atoms with E-state index in [4.69, 9.17) is 15.0 Å². The van der Waals surface area contributed by atoms with Crippen LogP contribution < -0.4 is 4.98 Å². The summed E-state index contributed by atoms with van der Waals surface area (Å²) in [5.74, 6) is 1.64. The van der Waals surface area contributed by atoms with E-state index in [9.17, 15) is 0 Å². The van der Waals surface area contributed by atoms with E-state index in [0.717, 1.165) is 116 Å². The molecule has 66 heavy (non-hydrogen) atoms. The molecular formula is C59H36N6Pt. The molecule has 13 rings (SSSR count). The molecule has 5 heterocycles. The van der Waals surface area contributed by atoms with Gasteiger partial charge in [0.25, 0.3) is 0 Å². The summed E-state index contributed by atoms with van der Waals surface area (Å²) >= 11 is 0. The molecule has 0 aliphatic heterocycles. The first kappa shape index (κ1) is 39.4. The van der Waals surface area contributed by atoms with Gasteiger partial charge in [0.1, 0.15) is 11.6 Å². The second-order valence-corrected chi connectivity index (χ2v) is 16.4. The summed E-state index contributed by atoms with van der Waals surface area (Å²) in [5.41, 5.74) is 16.3. The van der Waals surface area contributed by atoms with Gasteiger partial charge in [0.2, 0.25) is 0 Å². The molecule has 0 bridgehead atoms. The molecule has 0 N–H and O–H groups in total. The molecule has 8 aromatic carbocycles. The molecule has 0 saturated carbocycles. The third-order valence-corrected chi connectivity index (χ3v) is 12.7. The summed E-state index contributed by atoms with van der Waals surface area (Å²) in [5, 5.41) is 4.46. The Hall–Kier alpha value is -8.18. The van der Waals surface area contributed by atoms with Crippen molar-refractivity contribution >= 4 is 54.6 Å². The van der Waals surface area contributed by atoms with Gasteiger partial charge < -0.3 is 9.55 Å². The Balaban J connectivity index is 0.00000456. The van der Waals surface area contributed by atoms with Gasteiger partial charge in [0, 0.05) is 35.4 Å². The minimum absolute atomic E-state index is 0. The van der Waals surface area contributed by atoms with Crippen molar-refractivity contribution < 1.29 is 21.1 Å². The van der Waals surface area contributed by atoms with Crippen molar-refractivity contribution in [2.75, 3.05) is 0 Å². The number of aromatic nitrogens is 6. The van der Waals surface area contributed by atoms with Crippen molar-refractivity contribution in [1.82, 2.24) is 29.1 Å². The zero-order valence-electron chi connectivity index (χ0n) is 35.3. The van der Waals surface area contributed by atoms with Crippen LogP contribution in [0.1, 0.15) is 0 Å². The predicted octanol–water partition coefficient (Wildman–Crippen LogP) is 14.3. The number of hydrogen-bond donors (Lipinski definition) is 0. The SMILES string of the molecule is [Pt+2].[c-]1c(-c2cc(-c3ccncc3)cc3c2nc(-c2cccc4c2[n-]c2ccccc24)n3-c2ccc(-c3ccccc3)cc2)ccc2c3ccc(-c4ccccc4)cc3n(-c3ccccn3)c12. The number of nitrogens with zero attached hydrogens (tertiary/aromatic N) is 6. The van der Waals surface area contributed by atoms with Gasteiger partial charge in [-0.25, -0.2) is 9.97 Å². The quantitative estimate of drug-likeness (QED) is 0.149. The standard InChI is InChI=1S/C59H36N6.Pt/c1-3-12-38(13-4-1)40-21-25-45(26-22-40)64-55-37-44(41-29-32-60-33-30-41)34-51(58(55)63-59(64)50-18-11-17-49-46-16-7-8-19-52(46)62-57(49)50)43-24-28-48-47-27-23-42(39-14-5-2-6-15-39)35-53(47)65(54(48)36-43)56-20-9-10-31-61-56;/h1-35,37H;/q-2;+2. The molecule has 0 spiro atoms. The topological polar surface area (TPSA) is 62.6 Å². The second kappa shape index (κ2) is 16.1. The first-order chi connectivity index (χ1) is 32.2. The molecule has 0 unspecified atom stereocenters. The summed E-state index contributed by atoms with van der Waals surface area (Å²) in [6.07, 6.45) is 5.55. The van der Waals surface area contributed by atoms with Gasteiger partial charge in [0.05, 0.1) is 11.0 Å². The summed E-state index contributed by atoms with van der Waals surface area (Å²) in [7, 11) is 0. The fourth-order valence-corrected chi connectivity index (χ4v) is 9.58. The summed E-state index contributed by atoms with van der Waals surface area (Å²) in [6.45, 7) is 0. The van der Waals surface area contributed by atoms with Crippen LogP contribution in [0.2, 0.25) is 0 Å². The Morgan fingerprint density at radius 1 is 0.439 bits per heavy atom. The second-order valence-electron chi connectivity index (χ2n) is 16.4. The fraction of sp³-hybridized carbons (Fsp3) is 0. The molecule has 0 amide bonds. The van der Waals surface area contributed by atoms with Crippen LogP contribution in [0.5, 0.6) is 0 Å². The van der Waals surface area contributed by atoms with Crippen LogP contribution in [0.4, 0.5) is 0 Å². The molecular weight excluding hydrogens is 988 g/mol. The van der Waals surface area contributed by atoms with Crippen LogP contribution in [0.25, 0.3) is 122 Å². The van der Waals surface area contributed by atoms with Gasteiger partial charge in [0.15, 0.2) is 0 Å². The number of para-hydroxylation sites is 2. The van der Waals surface area contributed by atoms with E-state index >= 15 is 0 Å². The number of hydrogen-bond acceptors (Lipinski definition) is 3. The Bertz CT molecular complexity index is 3910. The maximum absolute atomic E-state index is 5.69. The number of pyridine rings is 2. The minimum atomic E-state index is 0. The van der Waals surface area contributed by atoms with Crippen molar-refractivity contribution in [3.8, 4) is 67.4 Å². The van der Waals surface area contributed by atoms with E-state index in [-0.39, 0.29) is 21.1 Å². The molecule has 6 nitrogen and oxygen atoms in total. The molecule has 0 atom stereocenters. The van der Waals surface area contributed by atoms with Gasteiger partial charge in [-0.3, -0.25) is 9.55 Å². The van der Waals surface area contributed by atoms with Crippen LogP contribution in [-0.2, 0) is 21.1 Å². The number of benzene rings is 8. The number of rotatable bonds is 7. The molecule has 7 heteroatoms. The molecule has 0 aliphatic carbocycles. The number of fused-ring (bicyclic) bond motifs is 7. The van der Waals surface area contributed by atoms with Crippen molar-refractivity contribution in [3.63, 3.8) is 0 Å². The third kappa shape index (κ3) is 6.49. The average molecular weight is 1020 g/mol. The molecule has 0 saturated heterocycles. The Morgan fingerprint density at radius 2 is 1.11 bits per heavy atom. The first-order valence-corrected chi connectivity index (χ1v) is 21.8. The zero-order valence-corrected chi connectivity index (χ0v) is 37.6. The Labute approximate surface area is 394 Å². The van der Waals surface area contributed by atoms with E-state index in [1.165, 1.54) is 5.56 Å². The number of imidazole rings is 1. The van der Waals surface area contributed by atoms with E-state index in [2.05, 4.69) is 202 Å². The molecule has 0 radical (unpaired) electrons. The van der Waals surface area contributed by atoms with E-state index in [0.29, 0.717) is 0 Å². The van der Waals surface area contributed by atoms with Gasteiger partial charge in [-0.1, -0.05) is 150 Å². The third-order valence-electron chi connectivity index (χ3n) is 12.7. The van der Waals surface area contributed by atoms with Crippen LogP contribution in [0.15, 0.2) is 219 Å². The van der Waals surface area contributed by atoms with Crippen LogP contribution in [0.3, 0.4) is 0 Å². The van der Waals surface area contributed by atoms with E-state index in [1.807, 2.05) is 36.8 Å². The van der Waals surface area contributed by atoms with Crippen molar-refractivity contribution in [2.24, 2.45) is 0 Å².